The van der Waals surface area contributed by atoms with Crippen LogP contribution in [0, 0.1) is 0 Å². The molecule has 2 rings (SSSR count). The second-order valence-corrected chi connectivity index (χ2v) is 5.97. The van der Waals surface area contributed by atoms with Crippen molar-refractivity contribution >= 4 is 39.1 Å². The van der Waals surface area contributed by atoms with E-state index in [9.17, 15) is 9.59 Å². The van der Waals surface area contributed by atoms with Crippen molar-refractivity contribution in [3.8, 4) is 5.75 Å². The van der Waals surface area contributed by atoms with E-state index in [4.69, 9.17) is 4.74 Å². The lowest BCUT2D eigenvalue weighted by atomic mass is 10.1. The summed E-state index contributed by atoms with van der Waals surface area (Å²) in [6.07, 6.45) is 0. The van der Waals surface area contributed by atoms with Gasteiger partial charge in [-0.1, -0.05) is 28.1 Å². The molecule has 0 saturated carbocycles. The van der Waals surface area contributed by atoms with Crippen molar-refractivity contribution in [1.82, 2.24) is 5.43 Å². The van der Waals surface area contributed by atoms with Gasteiger partial charge in [-0.2, -0.15) is 5.10 Å². The van der Waals surface area contributed by atoms with E-state index in [-0.39, 0.29) is 0 Å². The van der Waals surface area contributed by atoms with Gasteiger partial charge < -0.3 is 10.1 Å². The van der Waals surface area contributed by atoms with Crippen LogP contribution < -0.4 is 15.5 Å². The number of ether oxygens (including phenoxy) is 1. The van der Waals surface area contributed by atoms with Crippen LogP contribution >= 0.6 is 15.9 Å². The van der Waals surface area contributed by atoms with E-state index in [2.05, 4.69) is 31.8 Å². The van der Waals surface area contributed by atoms with Crippen molar-refractivity contribution in [2.45, 2.75) is 13.8 Å². The van der Waals surface area contributed by atoms with E-state index in [0.717, 1.165) is 10.0 Å². The molecule has 7 heteroatoms. The maximum Gasteiger partial charge on any atom is 0.329 e. The molecule has 0 bridgehead atoms. The molecule has 0 atom stereocenters. The van der Waals surface area contributed by atoms with Crippen LogP contribution in [0.15, 0.2) is 58.1 Å². The van der Waals surface area contributed by atoms with Crippen LogP contribution in [-0.4, -0.2) is 24.1 Å². The number of carbonyl (C=O) groups excluding carboxylic acids is 2. The molecule has 0 saturated heterocycles. The topological polar surface area (TPSA) is 79.8 Å². The molecular weight excluding hydrogens is 386 g/mol. The van der Waals surface area contributed by atoms with Crippen LogP contribution in [0.1, 0.15) is 19.4 Å². The summed E-state index contributed by atoms with van der Waals surface area (Å²) >= 11 is 3.35. The Morgan fingerprint density at radius 1 is 1.04 bits per heavy atom. The fraction of sp³-hybridized carbons (Fsp3) is 0.167. The van der Waals surface area contributed by atoms with E-state index >= 15 is 0 Å². The third kappa shape index (κ3) is 5.72. The Hall–Kier alpha value is -2.67. The molecule has 0 radical (unpaired) electrons. The molecule has 2 aromatic rings. The number of nitrogens with one attached hydrogen (secondary N) is 2. The minimum atomic E-state index is -0.842. The van der Waals surface area contributed by atoms with Crippen LogP contribution in [0.25, 0.3) is 0 Å². The molecule has 6 nitrogen and oxygen atoms in total. The van der Waals surface area contributed by atoms with E-state index in [1.807, 2.05) is 31.2 Å². The predicted octanol–water partition coefficient (Wildman–Crippen LogP) is 3.33. The van der Waals surface area contributed by atoms with E-state index < -0.39 is 11.8 Å². The smallest absolute Gasteiger partial charge is 0.329 e. The molecule has 2 N–H and O–H groups in total. The number of anilines is 1. The summed E-state index contributed by atoms with van der Waals surface area (Å²) in [5.74, 6) is -0.943. The standard InChI is InChI=1S/C18H18BrN3O3/c1-3-25-16-10-8-15(9-11-16)20-17(23)18(24)22-21-12(2)13-4-6-14(19)7-5-13/h4-11H,3H2,1-2H3,(H,20,23)(H,22,24)/b21-12+. The SMILES string of the molecule is CCOc1ccc(NC(=O)C(=O)N/N=C(\C)c2ccc(Br)cc2)cc1. The van der Waals surface area contributed by atoms with Crippen LogP contribution in [-0.2, 0) is 9.59 Å². The highest BCUT2D eigenvalue weighted by molar-refractivity contribution is 9.10. The van der Waals surface area contributed by atoms with Gasteiger partial charge in [0, 0.05) is 10.2 Å². The fourth-order valence-electron chi connectivity index (χ4n) is 1.93. The van der Waals surface area contributed by atoms with Gasteiger partial charge in [0.05, 0.1) is 12.3 Å². The number of carbonyl (C=O) groups is 2. The molecule has 2 amide bonds. The number of hydrogen-bond donors (Lipinski definition) is 2. The zero-order chi connectivity index (χ0) is 18.2. The number of hydrazone groups is 1. The molecule has 0 aliphatic rings. The summed E-state index contributed by atoms with van der Waals surface area (Å²) < 4.78 is 6.26. The highest BCUT2D eigenvalue weighted by Gasteiger charge is 2.13. The van der Waals surface area contributed by atoms with E-state index in [1.165, 1.54) is 0 Å². The number of nitrogens with zero attached hydrogens (tertiary/aromatic N) is 1. The fourth-order valence-corrected chi connectivity index (χ4v) is 2.19. The van der Waals surface area contributed by atoms with Crippen LogP contribution in [0.4, 0.5) is 5.69 Å². The average molecular weight is 404 g/mol. The number of amides is 2. The predicted molar refractivity (Wildman–Crippen MR) is 101 cm³/mol. The molecule has 0 spiro atoms. The summed E-state index contributed by atoms with van der Waals surface area (Å²) in [5, 5.41) is 6.45. The van der Waals surface area contributed by atoms with Crippen LogP contribution in [0.5, 0.6) is 5.75 Å². The maximum absolute atomic E-state index is 11.9. The summed E-state index contributed by atoms with van der Waals surface area (Å²) in [7, 11) is 0. The Morgan fingerprint density at radius 3 is 2.28 bits per heavy atom. The Balaban J connectivity index is 1.92. The van der Waals surface area contributed by atoms with Gasteiger partial charge in [-0.25, -0.2) is 5.43 Å². The Kier molecular flexibility index (Phi) is 6.71. The summed E-state index contributed by atoms with van der Waals surface area (Å²) in [6.45, 7) is 4.19. The van der Waals surface area contributed by atoms with Gasteiger partial charge in [0.25, 0.3) is 0 Å². The lowest BCUT2D eigenvalue weighted by Gasteiger charge is -2.07. The monoisotopic (exact) mass is 403 g/mol. The van der Waals surface area contributed by atoms with Crippen molar-refractivity contribution < 1.29 is 14.3 Å². The Morgan fingerprint density at radius 2 is 1.68 bits per heavy atom. The van der Waals surface area contributed by atoms with Crippen molar-refractivity contribution in [3.05, 3.63) is 58.6 Å². The number of benzene rings is 2. The highest BCUT2D eigenvalue weighted by atomic mass is 79.9. The molecule has 2 aromatic carbocycles. The number of halogens is 1. The lowest BCUT2D eigenvalue weighted by Crippen LogP contribution is -2.32. The quantitative estimate of drug-likeness (QED) is 0.456. The van der Waals surface area contributed by atoms with Crippen LogP contribution in [0.2, 0.25) is 0 Å². The zero-order valence-electron chi connectivity index (χ0n) is 13.9. The van der Waals surface area contributed by atoms with Gasteiger partial charge in [-0.05, 0) is 55.8 Å². The summed E-state index contributed by atoms with van der Waals surface area (Å²) in [6, 6.07) is 14.2. The average Bonchev–Trinajstić information content (AvgIpc) is 2.61. The minimum Gasteiger partial charge on any atom is -0.494 e. The lowest BCUT2D eigenvalue weighted by molar-refractivity contribution is -0.136. The Labute approximate surface area is 154 Å². The maximum atomic E-state index is 11.9. The van der Waals surface area contributed by atoms with Gasteiger partial charge >= 0.3 is 11.8 Å². The minimum absolute atomic E-state index is 0.497. The van der Waals surface area contributed by atoms with Gasteiger partial charge in [-0.15, -0.1) is 0 Å². The van der Waals surface area contributed by atoms with Crippen molar-refractivity contribution in [3.63, 3.8) is 0 Å². The third-order valence-corrected chi connectivity index (χ3v) is 3.75. The van der Waals surface area contributed by atoms with Crippen molar-refractivity contribution in [1.29, 1.82) is 0 Å². The van der Waals surface area contributed by atoms with Gasteiger partial charge in [0.1, 0.15) is 5.75 Å². The number of hydrogen-bond acceptors (Lipinski definition) is 4. The third-order valence-electron chi connectivity index (χ3n) is 3.22. The van der Waals surface area contributed by atoms with Gasteiger partial charge in [0.2, 0.25) is 0 Å². The number of rotatable bonds is 5. The second-order valence-electron chi connectivity index (χ2n) is 5.06. The second kappa shape index (κ2) is 8.98. The highest BCUT2D eigenvalue weighted by Crippen LogP contribution is 2.15. The molecule has 0 aromatic heterocycles. The first-order valence-corrected chi connectivity index (χ1v) is 8.43. The van der Waals surface area contributed by atoms with E-state index in [0.29, 0.717) is 23.8 Å². The molecule has 0 aliphatic carbocycles. The normalized spacial score (nSPS) is 10.9. The molecular formula is C18H18BrN3O3. The summed E-state index contributed by atoms with van der Waals surface area (Å²) in [4.78, 5) is 23.7. The molecule has 0 unspecified atom stereocenters. The van der Waals surface area contributed by atoms with Gasteiger partial charge in [0.15, 0.2) is 0 Å². The zero-order valence-corrected chi connectivity index (χ0v) is 15.5. The van der Waals surface area contributed by atoms with Crippen molar-refractivity contribution in [2.24, 2.45) is 5.10 Å². The molecule has 0 heterocycles. The molecule has 0 fully saturated rings. The molecule has 130 valence electrons. The largest absolute Gasteiger partial charge is 0.494 e. The first-order valence-electron chi connectivity index (χ1n) is 7.64. The van der Waals surface area contributed by atoms with Crippen molar-refractivity contribution in [2.75, 3.05) is 11.9 Å². The van der Waals surface area contributed by atoms with E-state index in [1.54, 1.807) is 31.2 Å². The first kappa shape index (κ1) is 18.7. The van der Waals surface area contributed by atoms with Crippen LogP contribution in [0.3, 0.4) is 0 Å². The first-order chi connectivity index (χ1) is 12.0. The molecule has 25 heavy (non-hydrogen) atoms. The van der Waals surface area contributed by atoms with Gasteiger partial charge in [-0.3, -0.25) is 9.59 Å². The Bertz CT molecular complexity index is 771. The summed E-state index contributed by atoms with van der Waals surface area (Å²) in [5.41, 5.74) is 4.18. The molecule has 0 aliphatic heterocycles.